The lowest BCUT2D eigenvalue weighted by Gasteiger charge is -1.97. The van der Waals surface area contributed by atoms with E-state index >= 15 is 0 Å². The highest BCUT2D eigenvalue weighted by atomic mass is 32.1. The number of hydrogen-bond acceptors (Lipinski definition) is 4. The Kier molecular flexibility index (Phi) is 2.18. The number of aromatic nitrogens is 3. The Morgan fingerprint density at radius 1 is 1.38 bits per heavy atom. The normalized spacial score (nSPS) is 10.2. The van der Waals surface area contributed by atoms with Crippen LogP contribution in [0.15, 0.2) is 34.8 Å². The SMILES string of the molecule is O=c1sccn1Cc1ncccn1. The summed E-state index contributed by atoms with van der Waals surface area (Å²) in [5, 5.41) is 1.76. The van der Waals surface area contributed by atoms with Gasteiger partial charge in [-0.2, -0.15) is 0 Å². The first-order valence-corrected chi connectivity index (χ1v) is 4.64. The summed E-state index contributed by atoms with van der Waals surface area (Å²) in [6.45, 7) is 0.448. The van der Waals surface area contributed by atoms with E-state index in [2.05, 4.69) is 9.97 Å². The van der Waals surface area contributed by atoms with Crippen LogP contribution in [-0.2, 0) is 6.54 Å². The Morgan fingerprint density at radius 3 is 2.77 bits per heavy atom. The molecule has 0 unspecified atom stereocenters. The van der Waals surface area contributed by atoms with Crippen molar-refractivity contribution < 1.29 is 0 Å². The van der Waals surface area contributed by atoms with Crippen LogP contribution in [0.3, 0.4) is 0 Å². The van der Waals surface area contributed by atoms with Gasteiger partial charge in [-0.25, -0.2) is 9.97 Å². The summed E-state index contributed by atoms with van der Waals surface area (Å²) in [6.07, 6.45) is 5.07. The van der Waals surface area contributed by atoms with E-state index in [0.717, 1.165) is 0 Å². The molecule has 0 spiro atoms. The molecule has 0 aliphatic rings. The van der Waals surface area contributed by atoms with E-state index in [1.165, 1.54) is 11.3 Å². The van der Waals surface area contributed by atoms with E-state index in [9.17, 15) is 4.79 Å². The molecule has 0 aliphatic carbocycles. The molecule has 0 amide bonds. The molecule has 0 fully saturated rings. The lowest BCUT2D eigenvalue weighted by molar-refractivity contribution is 0.732. The second kappa shape index (κ2) is 3.49. The van der Waals surface area contributed by atoms with Gasteiger partial charge in [0.25, 0.3) is 0 Å². The second-order valence-electron chi connectivity index (χ2n) is 2.46. The van der Waals surface area contributed by atoms with Crippen molar-refractivity contribution in [2.24, 2.45) is 0 Å². The Labute approximate surface area is 78.5 Å². The fraction of sp³-hybridized carbons (Fsp3) is 0.125. The van der Waals surface area contributed by atoms with E-state index in [-0.39, 0.29) is 4.87 Å². The zero-order chi connectivity index (χ0) is 9.10. The van der Waals surface area contributed by atoms with Crippen molar-refractivity contribution in [3.8, 4) is 0 Å². The third-order valence-corrected chi connectivity index (χ3v) is 2.27. The number of hydrogen-bond donors (Lipinski definition) is 0. The van der Waals surface area contributed by atoms with E-state index in [0.29, 0.717) is 12.4 Å². The van der Waals surface area contributed by atoms with Gasteiger partial charge in [-0.1, -0.05) is 11.3 Å². The third kappa shape index (κ3) is 1.81. The molecule has 2 rings (SSSR count). The topological polar surface area (TPSA) is 47.8 Å². The van der Waals surface area contributed by atoms with Gasteiger partial charge in [0.05, 0.1) is 6.54 Å². The minimum absolute atomic E-state index is 0.0208. The summed E-state index contributed by atoms with van der Waals surface area (Å²) in [4.78, 5) is 19.2. The molecule has 0 N–H and O–H groups in total. The maximum atomic E-state index is 11.1. The van der Waals surface area contributed by atoms with E-state index in [1.807, 2.05) is 0 Å². The van der Waals surface area contributed by atoms with Crippen molar-refractivity contribution in [3.05, 3.63) is 45.5 Å². The number of nitrogens with zero attached hydrogens (tertiary/aromatic N) is 3. The van der Waals surface area contributed by atoms with Crippen LogP contribution in [0, 0.1) is 0 Å². The number of thiazole rings is 1. The fourth-order valence-electron chi connectivity index (χ4n) is 0.972. The van der Waals surface area contributed by atoms with Crippen LogP contribution >= 0.6 is 11.3 Å². The quantitative estimate of drug-likeness (QED) is 0.707. The standard InChI is InChI=1S/C8H7N3OS/c12-8-11(4-5-13-8)6-7-9-2-1-3-10-7/h1-5H,6H2. The van der Waals surface area contributed by atoms with Gasteiger partial charge in [-0.15, -0.1) is 0 Å². The van der Waals surface area contributed by atoms with E-state index in [4.69, 9.17) is 0 Å². The minimum Gasteiger partial charge on any atom is -0.298 e. The monoisotopic (exact) mass is 193 g/mol. The summed E-state index contributed by atoms with van der Waals surface area (Å²) in [7, 11) is 0. The van der Waals surface area contributed by atoms with E-state index < -0.39 is 0 Å². The average Bonchev–Trinajstić information content (AvgIpc) is 2.54. The highest BCUT2D eigenvalue weighted by Crippen LogP contribution is 1.94. The molecule has 0 aromatic carbocycles. The zero-order valence-corrected chi connectivity index (χ0v) is 7.57. The summed E-state index contributed by atoms with van der Waals surface area (Å²) in [5.41, 5.74) is 0. The van der Waals surface area contributed by atoms with Crippen LogP contribution in [0.25, 0.3) is 0 Å². The van der Waals surface area contributed by atoms with Crippen LogP contribution in [0.2, 0.25) is 0 Å². The molecule has 0 radical (unpaired) electrons. The van der Waals surface area contributed by atoms with Crippen molar-refractivity contribution in [2.75, 3.05) is 0 Å². The lowest BCUT2D eigenvalue weighted by Crippen LogP contribution is -2.14. The molecule has 2 aromatic rings. The van der Waals surface area contributed by atoms with Gasteiger partial charge >= 0.3 is 4.87 Å². The largest absolute Gasteiger partial charge is 0.307 e. The number of rotatable bonds is 2. The molecule has 2 aromatic heterocycles. The first-order chi connectivity index (χ1) is 6.36. The Hall–Kier alpha value is -1.49. The van der Waals surface area contributed by atoms with Crippen molar-refractivity contribution in [3.63, 3.8) is 0 Å². The van der Waals surface area contributed by atoms with Gasteiger partial charge in [0.15, 0.2) is 0 Å². The summed E-state index contributed by atoms with van der Waals surface area (Å²) < 4.78 is 1.58. The van der Waals surface area contributed by atoms with Crippen LogP contribution < -0.4 is 4.87 Å². The summed E-state index contributed by atoms with van der Waals surface area (Å²) >= 11 is 1.18. The molecule has 5 heteroatoms. The van der Waals surface area contributed by atoms with Crippen molar-refractivity contribution in [1.82, 2.24) is 14.5 Å². The van der Waals surface area contributed by atoms with Crippen LogP contribution in [0.4, 0.5) is 0 Å². The Bertz CT molecular complexity index is 434. The van der Waals surface area contributed by atoms with Crippen LogP contribution in [0.5, 0.6) is 0 Å². The van der Waals surface area contributed by atoms with Gasteiger partial charge in [0.1, 0.15) is 5.82 Å². The molecule has 0 saturated heterocycles. The summed E-state index contributed by atoms with van der Waals surface area (Å²) in [5.74, 6) is 0.656. The molecule has 2 heterocycles. The highest BCUT2D eigenvalue weighted by molar-refractivity contribution is 7.07. The molecule has 0 saturated carbocycles. The lowest BCUT2D eigenvalue weighted by atomic mass is 10.5. The summed E-state index contributed by atoms with van der Waals surface area (Å²) in [6, 6.07) is 1.75. The predicted molar refractivity (Wildman–Crippen MR) is 49.7 cm³/mol. The maximum Gasteiger partial charge on any atom is 0.307 e. The Morgan fingerprint density at radius 2 is 2.15 bits per heavy atom. The molecule has 0 aliphatic heterocycles. The smallest absolute Gasteiger partial charge is 0.298 e. The average molecular weight is 193 g/mol. The van der Waals surface area contributed by atoms with Gasteiger partial charge in [0.2, 0.25) is 0 Å². The first-order valence-electron chi connectivity index (χ1n) is 3.76. The van der Waals surface area contributed by atoms with Crippen molar-refractivity contribution >= 4 is 11.3 Å². The third-order valence-electron chi connectivity index (χ3n) is 1.58. The maximum absolute atomic E-state index is 11.1. The van der Waals surface area contributed by atoms with Crippen LogP contribution in [0.1, 0.15) is 5.82 Å². The fourth-order valence-corrected chi connectivity index (χ4v) is 1.56. The molecular formula is C8H7N3OS. The Balaban J connectivity index is 2.25. The molecule has 4 nitrogen and oxygen atoms in total. The van der Waals surface area contributed by atoms with Gasteiger partial charge in [-0.3, -0.25) is 9.36 Å². The molecule has 0 atom stereocenters. The second-order valence-corrected chi connectivity index (χ2v) is 3.32. The predicted octanol–water partition coefficient (Wildman–Crippen LogP) is 0.748. The molecule has 13 heavy (non-hydrogen) atoms. The van der Waals surface area contributed by atoms with Gasteiger partial charge in [0, 0.05) is 24.0 Å². The zero-order valence-electron chi connectivity index (χ0n) is 6.75. The van der Waals surface area contributed by atoms with Crippen molar-refractivity contribution in [2.45, 2.75) is 6.54 Å². The highest BCUT2D eigenvalue weighted by Gasteiger charge is 1.99. The van der Waals surface area contributed by atoms with Crippen LogP contribution in [-0.4, -0.2) is 14.5 Å². The van der Waals surface area contributed by atoms with Crippen molar-refractivity contribution in [1.29, 1.82) is 0 Å². The molecular weight excluding hydrogens is 186 g/mol. The molecule has 0 bridgehead atoms. The van der Waals surface area contributed by atoms with E-state index in [1.54, 1.807) is 34.6 Å². The first kappa shape index (κ1) is 8.12. The minimum atomic E-state index is 0.0208. The van der Waals surface area contributed by atoms with Gasteiger partial charge in [-0.05, 0) is 6.07 Å². The van der Waals surface area contributed by atoms with Gasteiger partial charge < -0.3 is 0 Å². The molecule has 66 valence electrons.